The summed E-state index contributed by atoms with van der Waals surface area (Å²) in [6.07, 6.45) is 2.20. The Hall–Kier alpha value is -2.45. The maximum Gasteiger partial charge on any atom is 0.240 e. The lowest BCUT2D eigenvalue weighted by molar-refractivity contribution is 0.0172. The van der Waals surface area contributed by atoms with Gasteiger partial charge in [0.15, 0.2) is 0 Å². The molecule has 0 bridgehead atoms. The number of hydrogen-bond acceptors (Lipinski definition) is 5. The van der Waals surface area contributed by atoms with Gasteiger partial charge in [0, 0.05) is 45.0 Å². The molecule has 1 N–H and O–H groups in total. The van der Waals surface area contributed by atoms with E-state index in [-0.39, 0.29) is 6.04 Å². The quantitative estimate of drug-likeness (QED) is 0.603. The molecule has 6 nitrogen and oxygen atoms in total. The third-order valence-electron chi connectivity index (χ3n) is 6.82. The van der Waals surface area contributed by atoms with Crippen LogP contribution in [-0.4, -0.2) is 59.8 Å². The molecule has 3 aromatic carbocycles. The molecule has 5 rings (SSSR count). The van der Waals surface area contributed by atoms with Crippen LogP contribution in [0.4, 0.5) is 5.69 Å². The lowest BCUT2D eigenvalue weighted by Gasteiger charge is -2.36. The third-order valence-corrected chi connectivity index (χ3v) is 8.24. The Morgan fingerprint density at radius 1 is 0.970 bits per heavy atom. The van der Waals surface area contributed by atoms with Crippen LogP contribution in [0.2, 0.25) is 0 Å². The zero-order valence-electron chi connectivity index (χ0n) is 19.0. The minimum atomic E-state index is -3.64. The molecular weight excluding hydrogens is 434 g/mol. The fourth-order valence-electron chi connectivity index (χ4n) is 4.97. The number of nitrogens with one attached hydrogen (secondary N) is 1. The maximum atomic E-state index is 13.2. The van der Waals surface area contributed by atoms with Gasteiger partial charge in [-0.25, -0.2) is 13.1 Å². The molecule has 174 valence electrons. The van der Waals surface area contributed by atoms with Gasteiger partial charge in [-0.2, -0.15) is 0 Å². The molecule has 0 radical (unpaired) electrons. The Balaban J connectivity index is 1.41. The van der Waals surface area contributed by atoms with Gasteiger partial charge >= 0.3 is 0 Å². The topological polar surface area (TPSA) is 61.9 Å². The summed E-state index contributed by atoms with van der Waals surface area (Å²) in [5, 5.41) is 1.95. The van der Waals surface area contributed by atoms with Crippen LogP contribution in [-0.2, 0) is 21.2 Å². The van der Waals surface area contributed by atoms with Crippen LogP contribution in [0.3, 0.4) is 0 Å². The molecule has 0 saturated carbocycles. The van der Waals surface area contributed by atoms with Crippen LogP contribution >= 0.6 is 0 Å². The van der Waals surface area contributed by atoms with Crippen LogP contribution in [0.1, 0.15) is 23.6 Å². The van der Waals surface area contributed by atoms with E-state index in [0.29, 0.717) is 24.7 Å². The highest BCUT2D eigenvalue weighted by Crippen LogP contribution is 2.31. The average Bonchev–Trinajstić information content (AvgIpc) is 2.84. The van der Waals surface area contributed by atoms with Crippen molar-refractivity contribution < 1.29 is 13.2 Å². The number of fused-ring (bicyclic) bond motifs is 2. The highest BCUT2D eigenvalue weighted by Gasteiger charge is 2.26. The molecule has 1 atom stereocenters. The highest BCUT2D eigenvalue weighted by atomic mass is 32.2. The van der Waals surface area contributed by atoms with E-state index in [1.165, 1.54) is 11.3 Å². The van der Waals surface area contributed by atoms with E-state index < -0.39 is 10.0 Å². The summed E-state index contributed by atoms with van der Waals surface area (Å²) in [5.41, 5.74) is 3.78. The molecule has 3 aromatic rings. The van der Waals surface area contributed by atoms with Crippen LogP contribution in [0.15, 0.2) is 65.6 Å². The number of aryl methyl sites for hydroxylation is 1. The van der Waals surface area contributed by atoms with Crippen molar-refractivity contribution in [3.8, 4) is 0 Å². The summed E-state index contributed by atoms with van der Waals surface area (Å²) in [4.78, 5) is 4.93. The molecule has 1 saturated heterocycles. The summed E-state index contributed by atoms with van der Waals surface area (Å²) in [6.45, 7) is 4.32. The largest absolute Gasteiger partial charge is 0.379 e. The third kappa shape index (κ3) is 4.77. The van der Waals surface area contributed by atoms with Gasteiger partial charge in [0.1, 0.15) is 0 Å². The van der Waals surface area contributed by atoms with E-state index in [9.17, 15) is 8.42 Å². The molecule has 0 aliphatic carbocycles. The summed E-state index contributed by atoms with van der Waals surface area (Å²) < 4.78 is 34.9. The number of benzene rings is 3. The van der Waals surface area contributed by atoms with Crippen LogP contribution in [0, 0.1) is 0 Å². The van der Waals surface area contributed by atoms with E-state index in [4.69, 9.17) is 4.74 Å². The molecule has 0 unspecified atom stereocenters. The molecule has 1 fully saturated rings. The summed E-state index contributed by atoms with van der Waals surface area (Å²) in [7, 11) is -1.50. The predicted molar refractivity (Wildman–Crippen MR) is 132 cm³/mol. The monoisotopic (exact) mass is 465 g/mol. The van der Waals surface area contributed by atoms with Crippen molar-refractivity contribution in [1.82, 2.24) is 9.62 Å². The van der Waals surface area contributed by atoms with Gasteiger partial charge < -0.3 is 9.64 Å². The van der Waals surface area contributed by atoms with Crippen molar-refractivity contribution >= 4 is 26.5 Å². The van der Waals surface area contributed by atoms with E-state index in [2.05, 4.69) is 39.8 Å². The van der Waals surface area contributed by atoms with E-state index >= 15 is 0 Å². The lowest BCUT2D eigenvalue weighted by atomic mass is 9.96. The molecule has 2 aliphatic heterocycles. The Kier molecular flexibility index (Phi) is 6.38. The van der Waals surface area contributed by atoms with Crippen LogP contribution < -0.4 is 9.62 Å². The molecule has 2 aliphatic rings. The molecule has 0 aromatic heterocycles. The zero-order chi connectivity index (χ0) is 22.8. The van der Waals surface area contributed by atoms with Crippen molar-refractivity contribution in [2.75, 3.05) is 51.3 Å². The minimum Gasteiger partial charge on any atom is -0.379 e. The van der Waals surface area contributed by atoms with Crippen LogP contribution in [0.25, 0.3) is 10.8 Å². The Labute approximate surface area is 196 Å². The van der Waals surface area contributed by atoms with Gasteiger partial charge in [-0.3, -0.25) is 4.90 Å². The zero-order valence-corrected chi connectivity index (χ0v) is 19.9. The van der Waals surface area contributed by atoms with E-state index in [1.54, 1.807) is 12.1 Å². The minimum absolute atomic E-state index is 0.0401. The van der Waals surface area contributed by atoms with Gasteiger partial charge in [-0.05, 0) is 52.9 Å². The first-order valence-electron chi connectivity index (χ1n) is 11.7. The van der Waals surface area contributed by atoms with Gasteiger partial charge in [-0.1, -0.05) is 42.5 Å². The Bertz CT molecular complexity index is 1240. The summed E-state index contributed by atoms with van der Waals surface area (Å²) in [6, 6.07) is 19.7. The standard InChI is InChI=1S/C26H31N3O3S/c1-28-12-4-7-22-17-23(9-11-25(22)28)26(29-13-15-32-16-14-29)19-27-33(30,31)24-10-8-20-5-2-3-6-21(20)18-24/h2-3,5-6,8-11,17-18,26-27H,4,7,12-16,19H2,1H3/t26-/m1/s1. The molecule has 0 amide bonds. The fourth-order valence-corrected chi connectivity index (χ4v) is 6.04. The van der Waals surface area contributed by atoms with Crippen molar-refractivity contribution in [2.45, 2.75) is 23.8 Å². The SMILES string of the molecule is CN1CCCc2cc([C@@H](CNS(=O)(=O)c3ccc4ccccc4c3)N3CCOCC3)ccc21. The maximum absolute atomic E-state index is 13.2. The first-order valence-corrected chi connectivity index (χ1v) is 13.1. The van der Waals surface area contributed by atoms with Crippen molar-refractivity contribution in [3.63, 3.8) is 0 Å². The Morgan fingerprint density at radius 3 is 2.58 bits per heavy atom. The summed E-state index contributed by atoms with van der Waals surface area (Å²) in [5.74, 6) is 0. The number of rotatable bonds is 6. The number of hydrogen-bond donors (Lipinski definition) is 1. The van der Waals surface area contributed by atoms with E-state index in [0.717, 1.165) is 48.8 Å². The first kappa shape index (κ1) is 22.3. The fraction of sp³-hybridized carbons (Fsp3) is 0.385. The molecule has 0 spiro atoms. The first-order chi connectivity index (χ1) is 16.0. The highest BCUT2D eigenvalue weighted by molar-refractivity contribution is 7.89. The Morgan fingerprint density at radius 2 is 1.76 bits per heavy atom. The second-order valence-corrected chi connectivity index (χ2v) is 10.7. The normalized spacial score (nSPS) is 18.3. The van der Waals surface area contributed by atoms with Crippen LogP contribution in [0.5, 0.6) is 0 Å². The number of nitrogens with zero attached hydrogens (tertiary/aromatic N) is 2. The van der Waals surface area contributed by atoms with Crippen molar-refractivity contribution in [1.29, 1.82) is 0 Å². The molecule has 2 heterocycles. The lowest BCUT2D eigenvalue weighted by Crippen LogP contribution is -2.43. The van der Waals surface area contributed by atoms with Gasteiger partial charge in [0.05, 0.1) is 18.1 Å². The van der Waals surface area contributed by atoms with Gasteiger partial charge in [-0.15, -0.1) is 0 Å². The number of sulfonamides is 1. The smallest absolute Gasteiger partial charge is 0.240 e. The molecular formula is C26H31N3O3S. The average molecular weight is 466 g/mol. The van der Waals surface area contributed by atoms with Crippen molar-refractivity contribution in [3.05, 3.63) is 71.8 Å². The van der Waals surface area contributed by atoms with Gasteiger partial charge in [0.25, 0.3) is 0 Å². The summed E-state index contributed by atoms with van der Waals surface area (Å²) >= 11 is 0. The second kappa shape index (κ2) is 9.43. The molecule has 7 heteroatoms. The van der Waals surface area contributed by atoms with Gasteiger partial charge in [0.2, 0.25) is 10.0 Å². The van der Waals surface area contributed by atoms with Crippen molar-refractivity contribution in [2.24, 2.45) is 0 Å². The second-order valence-electron chi connectivity index (χ2n) is 8.94. The molecule has 33 heavy (non-hydrogen) atoms. The predicted octanol–water partition coefficient (Wildman–Crippen LogP) is 3.57. The number of morpholine rings is 1. The number of ether oxygens (including phenoxy) is 1. The number of anilines is 1. The van der Waals surface area contributed by atoms with E-state index in [1.807, 2.05) is 30.3 Å².